The minimum Gasteiger partial charge on any atom is -0.489 e. The number of allylic oxidation sites excluding steroid dienone is 1. The quantitative estimate of drug-likeness (QED) is 0.794. The average molecular weight is 333 g/mol. The van der Waals surface area contributed by atoms with E-state index in [1.54, 1.807) is 0 Å². The lowest BCUT2D eigenvalue weighted by atomic mass is 9.95. The first kappa shape index (κ1) is 13.2. The highest BCUT2D eigenvalue weighted by Crippen LogP contribution is 2.25. The molecule has 0 saturated carbocycles. The summed E-state index contributed by atoms with van der Waals surface area (Å²) in [6, 6.07) is 7.97. The first-order valence-corrected chi connectivity index (χ1v) is 7.16. The molecule has 1 heterocycles. The van der Waals surface area contributed by atoms with Crippen LogP contribution in [-0.2, 0) is 20.9 Å². The Morgan fingerprint density at radius 1 is 1.15 bits per heavy atom. The zero-order valence-corrected chi connectivity index (χ0v) is 12.2. The molecule has 0 radical (unpaired) electrons. The van der Waals surface area contributed by atoms with E-state index in [1.807, 2.05) is 48.6 Å². The molecule has 4 heteroatoms. The number of esters is 1. The van der Waals surface area contributed by atoms with Gasteiger partial charge in [0.25, 0.3) is 0 Å². The number of benzene rings is 1. The molecule has 2 atom stereocenters. The van der Waals surface area contributed by atoms with E-state index >= 15 is 0 Å². The maximum absolute atomic E-state index is 11.2. The van der Waals surface area contributed by atoms with Crippen molar-refractivity contribution in [3.8, 4) is 0 Å². The lowest BCUT2D eigenvalue weighted by Gasteiger charge is -2.26. The molecule has 0 bridgehead atoms. The van der Waals surface area contributed by atoms with Crippen LogP contribution < -0.4 is 0 Å². The summed E-state index contributed by atoms with van der Waals surface area (Å²) in [6.07, 6.45) is 8.83. The smallest absolute Gasteiger partial charge is 0.331 e. The number of carbonyl (C=O) groups excluding carboxylic acids is 1. The van der Waals surface area contributed by atoms with E-state index in [-0.39, 0.29) is 18.0 Å². The molecule has 2 unspecified atom stereocenters. The third-order valence-electron chi connectivity index (χ3n) is 3.22. The van der Waals surface area contributed by atoms with Gasteiger partial charge in [-0.25, -0.2) is 4.79 Å². The minimum absolute atomic E-state index is 0.118. The van der Waals surface area contributed by atoms with Crippen LogP contribution >= 0.6 is 15.9 Å². The Kier molecular flexibility index (Phi) is 3.74. The largest absolute Gasteiger partial charge is 0.489 e. The van der Waals surface area contributed by atoms with Gasteiger partial charge in [-0.05, 0) is 29.8 Å². The Morgan fingerprint density at radius 2 is 1.90 bits per heavy atom. The van der Waals surface area contributed by atoms with Gasteiger partial charge >= 0.3 is 5.97 Å². The first-order valence-electron chi connectivity index (χ1n) is 6.37. The summed E-state index contributed by atoms with van der Waals surface area (Å²) in [4.78, 5) is 11.2. The van der Waals surface area contributed by atoms with Gasteiger partial charge in [-0.2, -0.15) is 0 Å². The summed E-state index contributed by atoms with van der Waals surface area (Å²) in [6.45, 7) is 0.491. The number of carbonyl (C=O) groups is 1. The number of halogens is 1. The molecule has 0 saturated heterocycles. The maximum Gasteiger partial charge on any atom is 0.331 e. The summed E-state index contributed by atoms with van der Waals surface area (Å²) in [5.41, 5.74) is 1.09. The maximum atomic E-state index is 11.2. The highest BCUT2D eigenvalue weighted by molar-refractivity contribution is 9.10. The zero-order chi connectivity index (χ0) is 13.9. The molecule has 1 aromatic carbocycles. The van der Waals surface area contributed by atoms with E-state index < -0.39 is 0 Å². The molecule has 3 nitrogen and oxygen atoms in total. The third kappa shape index (κ3) is 3.02. The van der Waals surface area contributed by atoms with E-state index in [2.05, 4.69) is 15.9 Å². The topological polar surface area (TPSA) is 35.5 Å². The molecule has 0 fully saturated rings. The molecule has 0 amide bonds. The lowest BCUT2D eigenvalue weighted by molar-refractivity contribution is -0.143. The molecule has 102 valence electrons. The summed E-state index contributed by atoms with van der Waals surface area (Å²) in [7, 11) is 0. The highest BCUT2D eigenvalue weighted by atomic mass is 79.9. The number of hydrogen-bond acceptors (Lipinski definition) is 3. The van der Waals surface area contributed by atoms with Crippen LogP contribution in [0.3, 0.4) is 0 Å². The Hall–Kier alpha value is -1.81. The van der Waals surface area contributed by atoms with Crippen molar-refractivity contribution in [1.29, 1.82) is 0 Å². The molecule has 0 N–H and O–H groups in total. The second-order valence-electron chi connectivity index (χ2n) is 4.68. The number of rotatable bonds is 3. The molecular weight excluding hydrogens is 320 g/mol. The summed E-state index contributed by atoms with van der Waals surface area (Å²) in [5.74, 6) is 0.551. The van der Waals surface area contributed by atoms with Gasteiger partial charge in [-0.15, -0.1) is 0 Å². The van der Waals surface area contributed by atoms with Crippen LogP contribution in [0.4, 0.5) is 0 Å². The third-order valence-corrected chi connectivity index (χ3v) is 3.74. The number of fused-ring (bicyclic) bond motifs is 1. The second-order valence-corrected chi connectivity index (χ2v) is 5.60. The van der Waals surface area contributed by atoms with Crippen molar-refractivity contribution in [1.82, 2.24) is 0 Å². The van der Waals surface area contributed by atoms with Crippen LogP contribution in [-0.4, -0.2) is 12.1 Å². The molecule has 1 aromatic rings. The minimum atomic E-state index is -0.301. The van der Waals surface area contributed by atoms with Crippen LogP contribution in [0.5, 0.6) is 0 Å². The van der Waals surface area contributed by atoms with E-state index in [0.29, 0.717) is 6.61 Å². The van der Waals surface area contributed by atoms with E-state index in [4.69, 9.17) is 9.47 Å². The monoisotopic (exact) mass is 332 g/mol. The predicted octanol–water partition coefficient (Wildman–Crippen LogP) is 3.52. The Labute approximate surface area is 125 Å². The average Bonchev–Trinajstić information content (AvgIpc) is 2.46. The second kappa shape index (κ2) is 5.67. The fraction of sp³-hybridized carbons (Fsp3) is 0.188. The van der Waals surface area contributed by atoms with Crippen LogP contribution in [0, 0.1) is 5.92 Å². The standard InChI is InChI=1S/C16H13BrO3/c17-13-5-1-11(2-6-13)10-19-14-7-3-12-4-8-16(18)20-15(12)9-14/h1-9,12,15H,10H2. The molecule has 2 aliphatic rings. The molecule has 1 aliphatic carbocycles. The van der Waals surface area contributed by atoms with E-state index in [0.717, 1.165) is 15.8 Å². The normalized spacial score (nSPS) is 23.9. The highest BCUT2D eigenvalue weighted by Gasteiger charge is 2.26. The molecule has 1 aliphatic heterocycles. The summed E-state index contributed by atoms with van der Waals surface area (Å²) < 4.78 is 12.0. The predicted molar refractivity (Wildman–Crippen MR) is 78.7 cm³/mol. The van der Waals surface area contributed by atoms with Gasteiger partial charge in [0.15, 0.2) is 0 Å². The van der Waals surface area contributed by atoms with Gasteiger partial charge < -0.3 is 9.47 Å². The fourth-order valence-corrected chi connectivity index (χ4v) is 2.40. The molecule has 0 spiro atoms. The molecule has 0 aromatic heterocycles. The van der Waals surface area contributed by atoms with Gasteiger partial charge in [-0.3, -0.25) is 0 Å². The van der Waals surface area contributed by atoms with Crippen molar-refractivity contribution in [3.63, 3.8) is 0 Å². The van der Waals surface area contributed by atoms with Gasteiger partial charge in [0.05, 0.1) is 0 Å². The van der Waals surface area contributed by atoms with Crippen LogP contribution in [0.1, 0.15) is 5.56 Å². The number of hydrogen-bond donors (Lipinski definition) is 0. The Balaban J connectivity index is 1.64. The van der Waals surface area contributed by atoms with E-state index in [1.165, 1.54) is 6.08 Å². The summed E-state index contributed by atoms with van der Waals surface area (Å²) in [5, 5.41) is 0. The van der Waals surface area contributed by atoms with Crippen LogP contribution in [0.25, 0.3) is 0 Å². The first-order chi connectivity index (χ1) is 9.70. The zero-order valence-electron chi connectivity index (χ0n) is 10.7. The van der Waals surface area contributed by atoms with Gasteiger partial charge in [0.1, 0.15) is 18.5 Å². The van der Waals surface area contributed by atoms with Crippen molar-refractivity contribution in [2.45, 2.75) is 12.7 Å². The lowest BCUT2D eigenvalue weighted by Crippen LogP contribution is -2.28. The van der Waals surface area contributed by atoms with Crippen LogP contribution in [0.2, 0.25) is 0 Å². The van der Waals surface area contributed by atoms with Crippen LogP contribution in [0.15, 0.2) is 64.9 Å². The molecular formula is C16H13BrO3. The fourth-order valence-electron chi connectivity index (χ4n) is 2.14. The van der Waals surface area contributed by atoms with Crippen molar-refractivity contribution in [2.75, 3.05) is 0 Å². The van der Waals surface area contributed by atoms with Crippen molar-refractivity contribution in [2.24, 2.45) is 5.92 Å². The SMILES string of the molecule is O=C1C=CC2C=CC(OCc3ccc(Br)cc3)=CC2O1. The molecule has 20 heavy (non-hydrogen) atoms. The van der Waals surface area contributed by atoms with Crippen molar-refractivity contribution < 1.29 is 14.3 Å². The Morgan fingerprint density at radius 3 is 2.70 bits per heavy atom. The van der Waals surface area contributed by atoms with Crippen molar-refractivity contribution in [3.05, 3.63) is 70.4 Å². The molecule has 3 rings (SSSR count). The Bertz CT molecular complexity index is 599. The van der Waals surface area contributed by atoms with E-state index in [9.17, 15) is 4.79 Å². The number of ether oxygens (including phenoxy) is 2. The summed E-state index contributed by atoms with van der Waals surface area (Å²) >= 11 is 3.40. The van der Waals surface area contributed by atoms with Gasteiger partial charge in [0, 0.05) is 16.5 Å². The van der Waals surface area contributed by atoms with Crippen molar-refractivity contribution >= 4 is 21.9 Å². The van der Waals surface area contributed by atoms with Gasteiger partial charge in [-0.1, -0.05) is 40.2 Å². The van der Waals surface area contributed by atoms with Gasteiger partial charge in [0.2, 0.25) is 0 Å².